The molecule has 0 aromatic carbocycles. The van der Waals surface area contributed by atoms with Crippen molar-refractivity contribution in [2.24, 2.45) is 0 Å². The van der Waals surface area contributed by atoms with Gasteiger partial charge in [0.15, 0.2) is 0 Å². The number of nitrogens with zero attached hydrogens (tertiary/aromatic N) is 1. The molecule has 0 aromatic rings. The van der Waals surface area contributed by atoms with Crippen LogP contribution in [0.5, 0.6) is 0 Å². The third-order valence-electron chi connectivity index (χ3n) is 3.63. The lowest BCUT2D eigenvalue weighted by Gasteiger charge is -2.34. The van der Waals surface area contributed by atoms with Crippen LogP contribution in [0.15, 0.2) is 0 Å². The van der Waals surface area contributed by atoms with Crippen molar-refractivity contribution in [3.05, 3.63) is 0 Å². The van der Waals surface area contributed by atoms with Gasteiger partial charge in [-0.05, 0) is 61.3 Å². The second-order valence-electron chi connectivity index (χ2n) is 8.13. The molecule has 0 radical (unpaired) electrons. The van der Waals surface area contributed by atoms with Crippen LogP contribution >= 0.6 is 0 Å². The molecule has 0 spiro atoms. The lowest BCUT2D eigenvalue weighted by Crippen LogP contribution is -2.49. The Bertz CT molecular complexity index is 301. The maximum Gasteiger partial charge on any atom is 0.0700 e. The number of hydrazine groups is 1. The van der Waals surface area contributed by atoms with Gasteiger partial charge in [-0.3, -0.25) is 10.9 Å². The third-order valence-corrected chi connectivity index (χ3v) is 3.63. The second-order valence-corrected chi connectivity index (χ2v) is 8.13. The molecule has 3 N–H and O–H groups in total. The van der Waals surface area contributed by atoms with Crippen LogP contribution in [0.3, 0.4) is 0 Å². The van der Waals surface area contributed by atoms with E-state index in [4.69, 9.17) is 9.68 Å². The Labute approximate surface area is 137 Å². The number of hydrogen-bond donors (Lipinski definition) is 3. The monoisotopic (exact) mass is 318 g/mol. The second kappa shape index (κ2) is 9.15. The molecular weight excluding hydrogens is 280 g/mol. The molecule has 0 aliphatic rings. The molecule has 134 valence electrons. The number of nitrogens with one attached hydrogen (secondary N) is 3. The van der Waals surface area contributed by atoms with Crippen molar-refractivity contribution < 1.29 is 9.68 Å². The highest BCUT2D eigenvalue weighted by Gasteiger charge is 2.24. The van der Waals surface area contributed by atoms with Gasteiger partial charge in [0, 0.05) is 30.2 Å². The standard InChI is InChI=1S/C16H38N4O2/c1-14(2,3)18-17-12-10-15(4,5)19-22-13-11-16(6,7)20(8)21-9/h17-19H,10-13H2,1-9H3. The van der Waals surface area contributed by atoms with Gasteiger partial charge >= 0.3 is 0 Å². The maximum atomic E-state index is 5.65. The van der Waals surface area contributed by atoms with Crippen LogP contribution in [0, 0.1) is 0 Å². The fraction of sp³-hybridized carbons (Fsp3) is 1.00. The van der Waals surface area contributed by atoms with E-state index in [0.29, 0.717) is 6.61 Å². The Morgan fingerprint density at radius 1 is 0.955 bits per heavy atom. The molecular formula is C16H38N4O2. The smallest absolute Gasteiger partial charge is 0.0700 e. The summed E-state index contributed by atoms with van der Waals surface area (Å²) in [5.74, 6) is 0. The van der Waals surface area contributed by atoms with E-state index >= 15 is 0 Å². The van der Waals surface area contributed by atoms with Gasteiger partial charge in [0.2, 0.25) is 0 Å². The summed E-state index contributed by atoms with van der Waals surface area (Å²) in [6.07, 6.45) is 1.84. The van der Waals surface area contributed by atoms with E-state index < -0.39 is 0 Å². The van der Waals surface area contributed by atoms with E-state index in [2.05, 4.69) is 64.8 Å². The minimum absolute atomic E-state index is 0.0568. The van der Waals surface area contributed by atoms with Gasteiger partial charge in [-0.2, -0.15) is 10.5 Å². The molecule has 0 aromatic heterocycles. The molecule has 0 rings (SSSR count). The van der Waals surface area contributed by atoms with E-state index in [1.165, 1.54) is 0 Å². The van der Waals surface area contributed by atoms with Gasteiger partial charge in [-0.15, -0.1) is 0 Å². The summed E-state index contributed by atoms with van der Waals surface area (Å²) in [6.45, 7) is 16.4. The summed E-state index contributed by atoms with van der Waals surface area (Å²) >= 11 is 0. The maximum absolute atomic E-state index is 5.65. The zero-order chi connectivity index (χ0) is 17.4. The van der Waals surface area contributed by atoms with Crippen LogP contribution in [0.4, 0.5) is 0 Å². The number of rotatable bonds is 11. The summed E-state index contributed by atoms with van der Waals surface area (Å²) in [5.41, 5.74) is 9.61. The third kappa shape index (κ3) is 10.5. The largest absolute Gasteiger partial charge is 0.302 e. The number of hydrogen-bond acceptors (Lipinski definition) is 6. The van der Waals surface area contributed by atoms with Crippen molar-refractivity contribution in [2.45, 2.75) is 77.9 Å². The van der Waals surface area contributed by atoms with Crippen LogP contribution < -0.4 is 16.3 Å². The molecule has 0 amide bonds. The summed E-state index contributed by atoms with van der Waals surface area (Å²) in [4.78, 5) is 10.9. The van der Waals surface area contributed by atoms with E-state index in [1.54, 1.807) is 7.11 Å². The van der Waals surface area contributed by atoms with Crippen LogP contribution in [0.2, 0.25) is 0 Å². The Hall–Kier alpha value is -0.240. The summed E-state index contributed by atoms with van der Waals surface area (Å²) < 4.78 is 0. The average molecular weight is 319 g/mol. The fourth-order valence-corrected chi connectivity index (χ4v) is 1.71. The molecule has 0 aliphatic heterocycles. The first-order chi connectivity index (χ1) is 9.90. The first-order valence-corrected chi connectivity index (χ1v) is 8.07. The minimum Gasteiger partial charge on any atom is -0.302 e. The van der Waals surface area contributed by atoms with E-state index in [-0.39, 0.29) is 16.6 Å². The van der Waals surface area contributed by atoms with Gasteiger partial charge in [0.1, 0.15) is 0 Å². The highest BCUT2D eigenvalue weighted by atomic mass is 16.7. The van der Waals surface area contributed by atoms with Crippen molar-refractivity contribution in [2.75, 3.05) is 27.3 Å². The predicted molar refractivity (Wildman–Crippen MR) is 92.1 cm³/mol. The van der Waals surface area contributed by atoms with Crippen LogP contribution in [-0.2, 0) is 9.68 Å². The Morgan fingerprint density at radius 2 is 1.55 bits per heavy atom. The summed E-state index contributed by atoms with van der Waals surface area (Å²) in [7, 11) is 3.62. The van der Waals surface area contributed by atoms with Gasteiger partial charge in [-0.1, -0.05) is 0 Å². The van der Waals surface area contributed by atoms with Crippen molar-refractivity contribution in [1.82, 2.24) is 21.4 Å². The van der Waals surface area contributed by atoms with Crippen molar-refractivity contribution in [3.8, 4) is 0 Å². The molecule has 0 aliphatic carbocycles. The van der Waals surface area contributed by atoms with Gasteiger partial charge in [0.25, 0.3) is 0 Å². The lowest BCUT2D eigenvalue weighted by atomic mass is 10.0. The minimum atomic E-state index is -0.0795. The SMILES string of the molecule is CON(C)C(C)(C)CCONC(C)(C)CCNNC(C)(C)C. The normalized spacial score (nSPS) is 13.9. The van der Waals surface area contributed by atoms with Crippen LogP contribution in [0.25, 0.3) is 0 Å². The first-order valence-electron chi connectivity index (χ1n) is 8.07. The molecule has 0 unspecified atom stereocenters. The molecule has 0 saturated carbocycles. The van der Waals surface area contributed by atoms with E-state index in [1.807, 2.05) is 12.1 Å². The molecule has 0 bridgehead atoms. The van der Waals surface area contributed by atoms with E-state index in [9.17, 15) is 0 Å². The van der Waals surface area contributed by atoms with Crippen molar-refractivity contribution in [3.63, 3.8) is 0 Å². The molecule has 6 heteroatoms. The van der Waals surface area contributed by atoms with Crippen LogP contribution in [-0.4, -0.2) is 49.0 Å². The zero-order valence-corrected chi connectivity index (χ0v) is 16.1. The fourth-order valence-electron chi connectivity index (χ4n) is 1.71. The van der Waals surface area contributed by atoms with Crippen molar-refractivity contribution >= 4 is 0 Å². The molecule has 0 fully saturated rings. The highest BCUT2D eigenvalue weighted by Crippen LogP contribution is 2.17. The molecule has 6 nitrogen and oxygen atoms in total. The molecule has 0 heterocycles. The quantitative estimate of drug-likeness (QED) is 0.401. The van der Waals surface area contributed by atoms with Crippen molar-refractivity contribution in [1.29, 1.82) is 0 Å². The predicted octanol–water partition coefficient (Wildman–Crippen LogP) is 2.23. The molecule has 0 saturated heterocycles. The topological polar surface area (TPSA) is 57.8 Å². The first kappa shape index (κ1) is 21.8. The Kier molecular flexibility index (Phi) is 9.05. The Morgan fingerprint density at radius 3 is 2.05 bits per heavy atom. The lowest BCUT2D eigenvalue weighted by molar-refractivity contribution is -0.180. The van der Waals surface area contributed by atoms with E-state index in [0.717, 1.165) is 19.4 Å². The summed E-state index contributed by atoms with van der Waals surface area (Å²) in [6, 6.07) is 0. The molecule has 0 atom stereocenters. The summed E-state index contributed by atoms with van der Waals surface area (Å²) in [5, 5.41) is 1.85. The van der Waals surface area contributed by atoms with Crippen LogP contribution in [0.1, 0.15) is 61.3 Å². The highest BCUT2D eigenvalue weighted by molar-refractivity contribution is 4.76. The molecule has 22 heavy (non-hydrogen) atoms. The number of hydroxylamine groups is 3. The zero-order valence-electron chi connectivity index (χ0n) is 16.1. The van der Waals surface area contributed by atoms with Gasteiger partial charge in [-0.25, -0.2) is 0 Å². The Balaban J connectivity index is 3.89. The van der Waals surface area contributed by atoms with Gasteiger partial charge < -0.3 is 9.68 Å². The average Bonchev–Trinajstić information content (AvgIpc) is 2.38. The van der Waals surface area contributed by atoms with Gasteiger partial charge in [0.05, 0.1) is 13.7 Å².